The molecule has 0 spiro atoms. The van der Waals surface area contributed by atoms with Crippen molar-refractivity contribution in [3.05, 3.63) is 38.7 Å². The average Bonchev–Trinajstić information content (AvgIpc) is 2.43. The molecular weight excluding hydrogens is 249 g/mol. The van der Waals surface area contributed by atoms with E-state index >= 15 is 0 Å². The Morgan fingerprint density at radius 2 is 1.85 bits per heavy atom. The molecular formula is C10H17F2Zr-3. The van der Waals surface area contributed by atoms with E-state index in [0.29, 0.717) is 0 Å². The molecule has 1 aliphatic rings. The summed E-state index contributed by atoms with van der Waals surface area (Å²) in [4.78, 5) is 0. The predicted molar refractivity (Wildman–Crippen MR) is 48.2 cm³/mol. The Balaban J connectivity index is -0.0000000256. The van der Waals surface area contributed by atoms with Crippen molar-refractivity contribution in [2.45, 2.75) is 26.2 Å². The first-order valence-electron chi connectivity index (χ1n) is 3.42. The van der Waals surface area contributed by atoms with Crippen molar-refractivity contribution in [2.75, 3.05) is 0 Å². The molecule has 0 aromatic heterocycles. The van der Waals surface area contributed by atoms with Crippen molar-refractivity contribution < 1.29 is 35.6 Å². The third-order valence-electron chi connectivity index (χ3n) is 0.939. The van der Waals surface area contributed by atoms with Gasteiger partial charge in [0.15, 0.2) is 0 Å². The minimum atomic E-state index is 0. The molecule has 0 atom stereocenters. The first kappa shape index (κ1) is 29.2. The van der Waals surface area contributed by atoms with Crippen molar-refractivity contribution in [1.29, 1.82) is 0 Å². The molecule has 0 amide bonds. The van der Waals surface area contributed by atoms with E-state index in [1.54, 1.807) is 0 Å². The third-order valence-corrected chi connectivity index (χ3v) is 0.939. The molecule has 1 aliphatic carbocycles. The fourth-order valence-corrected chi connectivity index (χ4v) is 0.340. The molecule has 78 valence electrons. The molecule has 0 saturated carbocycles. The summed E-state index contributed by atoms with van der Waals surface area (Å²) in [5.74, 6) is 0. The number of hydrogen-bond donors (Lipinski definition) is 0. The second kappa shape index (κ2) is 29.5. The van der Waals surface area contributed by atoms with Crippen LogP contribution in [-0.2, 0) is 26.2 Å². The van der Waals surface area contributed by atoms with Gasteiger partial charge in [-0.25, -0.2) is 12.2 Å². The molecule has 0 radical (unpaired) electrons. The van der Waals surface area contributed by atoms with E-state index in [4.69, 9.17) is 0 Å². The Labute approximate surface area is 100 Å². The molecule has 0 N–H and O–H groups in total. The smallest absolute Gasteiger partial charge is 1.00 e. The van der Waals surface area contributed by atoms with Gasteiger partial charge in [-0.15, -0.1) is 6.42 Å². The molecule has 0 aromatic carbocycles. The summed E-state index contributed by atoms with van der Waals surface area (Å²) in [7, 11) is 0. The van der Waals surface area contributed by atoms with E-state index in [-0.39, 0.29) is 43.0 Å². The summed E-state index contributed by atoms with van der Waals surface area (Å²) in [6.07, 6.45) is 12.3. The summed E-state index contributed by atoms with van der Waals surface area (Å²) in [6, 6.07) is 0. The van der Waals surface area contributed by atoms with Crippen molar-refractivity contribution in [2.24, 2.45) is 0 Å². The summed E-state index contributed by atoms with van der Waals surface area (Å²) >= 11 is 0. The SMILES string of the molecule is [C-]1=CC=CC1.[CH2-]CCC.[CH3-].[F-].[F-].[Zr+2]. The zero-order chi connectivity index (χ0) is 6.95. The van der Waals surface area contributed by atoms with Crippen molar-refractivity contribution in [3.63, 3.8) is 0 Å². The molecule has 0 heterocycles. The predicted octanol–water partition coefficient (Wildman–Crippen LogP) is -2.62. The van der Waals surface area contributed by atoms with Crippen LogP contribution >= 0.6 is 0 Å². The van der Waals surface area contributed by atoms with Crippen LogP contribution < -0.4 is 9.41 Å². The van der Waals surface area contributed by atoms with Crippen LogP contribution in [0.3, 0.4) is 0 Å². The van der Waals surface area contributed by atoms with Gasteiger partial charge in [0.25, 0.3) is 0 Å². The summed E-state index contributed by atoms with van der Waals surface area (Å²) in [5.41, 5.74) is 0. The molecule has 1 rings (SSSR count). The Kier molecular flexibility index (Phi) is 66.3. The molecule has 0 unspecified atom stereocenters. The number of halogens is 2. The van der Waals surface area contributed by atoms with Gasteiger partial charge in [-0.05, 0) is 0 Å². The fraction of sp³-hybridized carbons (Fsp3) is 0.400. The monoisotopic (exact) mass is 265 g/mol. The maximum Gasteiger partial charge on any atom is 2.00 e. The van der Waals surface area contributed by atoms with Gasteiger partial charge < -0.3 is 23.8 Å². The Hall–Kier alpha value is 0.223. The van der Waals surface area contributed by atoms with Crippen LogP contribution in [0.4, 0.5) is 0 Å². The van der Waals surface area contributed by atoms with E-state index in [1.165, 1.54) is 6.42 Å². The minimum Gasteiger partial charge on any atom is -1.00 e. The Morgan fingerprint density at radius 3 is 1.92 bits per heavy atom. The van der Waals surface area contributed by atoms with Crippen LogP contribution in [0.2, 0.25) is 0 Å². The topological polar surface area (TPSA) is 0 Å². The van der Waals surface area contributed by atoms with E-state index in [1.807, 2.05) is 12.2 Å². The van der Waals surface area contributed by atoms with Gasteiger partial charge in [0, 0.05) is 0 Å². The van der Waals surface area contributed by atoms with E-state index < -0.39 is 0 Å². The zero-order valence-electron chi connectivity index (χ0n) is 8.32. The maximum absolute atomic E-state index is 3.60. The molecule has 0 fully saturated rings. The largest absolute Gasteiger partial charge is 2.00 e. The quantitative estimate of drug-likeness (QED) is 0.456. The van der Waals surface area contributed by atoms with Crippen LogP contribution in [0, 0.1) is 20.4 Å². The number of hydrogen-bond acceptors (Lipinski definition) is 0. The van der Waals surface area contributed by atoms with Gasteiger partial charge in [0.05, 0.1) is 0 Å². The first-order chi connectivity index (χ1) is 4.41. The van der Waals surface area contributed by atoms with Crippen LogP contribution in [0.5, 0.6) is 0 Å². The van der Waals surface area contributed by atoms with Gasteiger partial charge in [-0.3, -0.25) is 6.08 Å². The van der Waals surface area contributed by atoms with Crippen LogP contribution in [0.25, 0.3) is 0 Å². The molecule has 0 aromatic rings. The van der Waals surface area contributed by atoms with Crippen LogP contribution in [0.15, 0.2) is 18.2 Å². The molecule has 0 aliphatic heterocycles. The van der Waals surface area contributed by atoms with E-state index in [2.05, 4.69) is 26.0 Å². The third kappa shape index (κ3) is 33.0. The van der Waals surface area contributed by atoms with E-state index in [9.17, 15) is 0 Å². The normalized spacial score (nSPS) is 9.08. The minimum absolute atomic E-state index is 0. The summed E-state index contributed by atoms with van der Waals surface area (Å²) < 4.78 is 0. The summed E-state index contributed by atoms with van der Waals surface area (Å²) in [6.45, 7) is 5.72. The number of allylic oxidation sites excluding steroid dienone is 4. The molecule has 0 bridgehead atoms. The van der Waals surface area contributed by atoms with Gasteiger partial charge in [0.2, 0.25) is 0 Å². The van der Waals surface area contributed by atoms with Gasteiger partial charge in [0.1, 0.15) is 0 Å². The van der Waals surface area contributed by atoms with Crippen molar-refractivity contribution in [1.82, 2.24) is 0 Å². The first-order valence-corrected chi connectivity index (χ1v) is 3.42. The standard InChI is InChI=1S/C5H5.C4H9.CH3.2FH.Zr/c1-2-4-5-3-1;1-3-4-2;;;;/h1-3H,4H2;1,3-4H2,2H3;1H3;2*1H;/q3*-1;;;+2/p-2. The molecule has 0 nitrogen and oxygen atoms in total. The average molecular weight is 266 g/mol. The molecule has 0 saturated heterocycles. The maximum atomic E-state index is 3.60. The summed E-state index contributed by atoms with van der Waals surface area (Å²) in [5, 5.41) is 0. The fourth-order valence-electron chi connectivity index (χ4n) is 0.340. The van der Waals surface area contributed by atoms with Gasteiger partial charge in [-0.1, -0.05) is 13.3 Å². The van der Waals surface area contributed by atoms with Gasteiger partial charge >= 0.3 is 26.2 Å². The Bertz CT molecular complexity index is 89.1. The van der Waals surface area contributed by atoms with Crippen LogP contribution in [0.1, 0.15) is 26.2 Å². The van der Waals surface area contributed by atoms with Gasteiger partial charge in [-0.2, -0.15) is 12.5 Å². The number of rotatable bonds is 1. The van der Waals surface area contributed by atoms with Crippen LogP contribution in [-0.4, -0.2) is 0 Å². The zero-order valence-corrected chi connectivity index (χ0v) is 10.8. The second-order valence-electron chi connectivity index (χ2n) is 1.86. The molecule has 3 heteroatoms. The Morgan fingerprint density at radius 1 is 1.38 bits per heavy atom. The van der Waals surface area contributed by atoms with E-state index in [0.717, 1.165) is 12.8 Å². The van der Waals surface area contributed by atoms with Crippen molar-refractivity contribution in [3.8, 4) is 0 Å². The van der Waals surface area contributed by atoms with Crippen molar-refractivity contribution >= 4 is 0 Å². The molecule has 13 heavy (non-hydrogen) atoms. The number of unbranched alkanes of at least 4 members (excludes halogenated alkanes) is 1. The second-order valence-corrected chi connectivity index (χ2v) is 1.86.